The summed E-state index contributed by atoms with van der Waals surface area (Å²) in [5.41, 5.74) is 11.4. The van der Waals surface area contributed by atoms with E-state index < -0.39 is 0 Å². The van der Waals surface area contributed by atoms with E-state index in [0.29, 0.717) is 0 Å². The Morgan fingerprint density at radius 3 is 1.64 bits per heavy atom. The number of ether oxygens (including phenoxy) is 1. The molecular formula is C8H18N2O. The third-order valence-electron chi connectivity index (χ3n) is 2.26. The van der Waals surface area contributed by atoms with Gasteiger partial charge in [-0.15, -0.1) is 0 Å². The van der Waals surface area contributed by atoms with Crippen LogP contribution in [0.5, 0.6) is 0 Å². The third kappa shape index (κ3) is 2.15. The first-order valence-corrected chi connectivity index (χ1v) is 4.28. The summed E-state index contributed by atoms with van der Waals surface area (Å²) in [4.78, 5) is 0. The molecule has 1 saturated heterocycles. The van der Waals surface area contributed by atoms with Crippen LogP contribution < -0.4 is 11.5 Å². The van der Waals surface area contributed by atoms with Crippen molar-refractivity contribution in [1.82, 2.24) is 0 Å². The van der Waals surface area contributed by atoms with Gasteiger partial charge in [0.05, 0.1) is 12.2 Å². The average Bonchev–Trinajstić information content (AvgIpc) is 2.33. The van der Waals surface area contributed by atoms with Gasteiger partial charge in [0.15, 0.2) is 0 Å². The lowest BCUT2D eigenvalue weighted by Crippen LogP contribution is -2.36. The Morgan fingerprint density at radius 1 is 1.09 bits per heavy atom. The third-order valence-corrected chi connectivity index (χ3v) is 2.26. The van der Waals surface area contributed by atoms with Crippen molar-refractivity contribution in [3.63, 3.8) is 0 Å². The predicted octanol–water partition coefficient (Wildman–Crippen LogP) is 0.228. The summed E-state index contributed by atoms with van der Waals surface area (Å²) in [6, 6.07) is 0.275. The molecule has 3 heteroatoms. The van der Waals surface area contributed by atoms with Gasteiger partial charge in [-0.05, 0) is 26.7 Å². The summed E-state index contributed by atoms with van der Waals surface area (Å²) in [6.07, 6.45) is 2.57. The number of rotatable bonds is 2. The van der Waals surface area contributed by atoms with E-state index in [1.807, 2.05) is 13.8 Å². The van der Waals surface area contributed by atoms with Crippen molar-refractivity contribution < 1.29 is 4.74 Å². The molecule has 0 aromatic heterocycles. The minimum Gasteiger partial charge on any atom is -0.372 e. The van der Waals surface area contributed by atoms with E-state index >= 15 is 0 Å². The standard InChI is InChI=1S/C8H18N2O/c1-5(9)7-3-4-8(11-7)6(2)10/h5-8H,3-4,9-10H2,1-2H3/t5?,6?,7-,8+. The van der Waals surface area contributed by atoms with Gasteiger partial charge in [0.2, 0.25) is 0 Å². The lowest BCUT2D eigenvalue weighted by Gasteiger charge is -2.18. The lowest BCUT2D eigenvalue weighted by molar-refractivity contribution is 0.0236. The van der Waals surface area contributed by atoms with Crippen LogP contribution in [0.4, 0.5) is 0 Å². The molecule has 1 rings (SSSR count). The maximum absolute atomic E-state index is 5.69. The molecule has 1 fully saturated rings. The molecule has 0 saturated carbocycles. The van der Waals surface area contributed by atoms with E-state index in [1.54, 1.807) is 0 Å². The smallest absolute Gasteiger partial charge is 0.0728 e. The Kier molecular flexibility index (Phi) is 2.87. The number of hydrogen-bond acceptors (Lipinski definition) is 3. The first-order valence-electron chi connectivity index (χ1n) is 4.28. The van der Waals surface area contributed by atoms with E-state index in [9.17, 15) is 0 Å². The first kappa shape index (κ1) is 8.97. The van der Waals surface area contributed by atoms with E-state index in [4.69, 9.17) is 16.2 Å². The van der Waals surface area contributed by atoms with Crippen molar-refractivity contribution in [2.24, 2.45) is 11.5 Å². The van der Waals surface area contributed by atoms with Crippen molar-refractivity contribution in [3.05, 3.63) is 0 Å². The minimum absolute atomic E-state index is 0.138. The molecule has 1 heterocycles. The van der Waals surface area contributed by atoms with E-state index in [1.165, 1.54) is 0 Å². The van der Waals surface area contributed by atoms with Gasteiger partial charge >= 0.3 is 0 Å². The zero-order chi connectivity index (χ0) is 8.43. The molecule has 11 heavy (non-hydrogen) atoms. The molecule has 4 N–H and O–H groups in total. The average molecular weight is 158 g/mol. The quantitative estimate of drug-likeness (QED) is 0.604. The van der Waals surface area contributed by atoms with Crippen LogP contribution >= 0.6 is 0 Å². The highest BCUT2D eigenvalue weighted by Crippen LogP contribution is 2.22. The van der Waals surface area contributed by atoms with Gasteiger partial charge in [0.25, 0.3) is 0 Å². The Morgan fingerprint density at radius 2 is 1.45 bits per heavy atom. The van der Waals surface area contributed by atoms with Crippen LogP contribution in [0.1, 0.15) is 26.7 Å². The molecule has 0 spiro atoms. The molecule has 0 amide bonds. The monoisotopic (exact) mass is 158 g/mol. The number of nitrogens with two attached hydrogens (primary N) is 2. The molecular weight excluding hydrogens is 140 g/mol. The summed E-state index contributed by atoms with van der Waals surface area (Å²) in [6.45, 7) is 3.96. The number of hydrogen-bond donors (Lipinski definition) is 2. The molecule has 1 aliphatic rings. The minimum atomic E-state index is 0.138. The summed E-state index contributed by atoms with van der Waals surface area (Å²) < 4.78 is 5.63. The second-order valence-electron chi connectivity index (χ2n) is 3.51. The van der Waals surface area contributed by atoms with Gasteiger partial charge in [-0.1, -0.05) is 0 Å². The fourth-order valence-corrected chi connectivity index (χ4v) is 1.46. The molecule has 0 bridgehead atoms. The SMILES string of the molecule is CC(N)[C@@H]1CC[C@H](C(C)N)O1. The van der Waals surface area contributed by atoms with Crippen LogP contribution in [0.3, 0.4) is 0 Å². The summed E-state index contributed by atoms with van der Waals surface area (Å²) in [5.74, 6) is 0. The molecule has 0 aliphatic carbocycles. The van der Waals surface area contributed by atoms with Crippen molar-refractivity contribution in [2.75, 3.05) is 0 Å². The zero-order valence-corrected chi connectivity index (χ0v) is 7.29. The van der Waals surface area contributed by atoms with Gasteiger partial charge in [-0.2, -0.15) is 0 Å². The van der Waals surface area contributed by atoms with Crippen LogP contribution in [0, 0.1) is 0 Å². The Bertz CT molecular complexity index is 111. The van der Waals surface area contributed by atoms with Crippen LogP contribution in [0.25, 0.3) is 0 Å². The Hall–Kier alpha value is -0.120. The van der Waals surface area contributed by atoms with Gasteiger partial charge in [-0.25, -0.2) is 0 Å². The van der Waals surface area contributed by atoms with Crippen molar-refractivity contribution in [2.45, 2.75) is 51.0 Å². The molecule has 4 atom stereocenters. The highest BCUT2D eigenvalue weighted by molar-refractivity contribution is 4.82. The van der Waals surface area contributed by atoms with Crippen molar-refractivity contribution in [3.8, 4) is 0 Å². The van der Waals surface area contributed by atoms with Gasteiger partial charge in [0.1, 0.15) is 0 Å². The van der Waals surface area contributed by atoms with Gasteiger partial charge in [0, 0.05) is 12.1 Å². The molecule has 3 nitrogen and oxygen atoms in total. The predicted molar refractivity (Wildman–Crippen MR) is 45.2 cm³/mol. The van der Waals surface area contributed by atoms with Crippen molar-refractivity contribution in [1.29, 1.82) is 0 Å². The first-order chi connectivity index (χ1) is 5.11. The summed E-state index contributed by atoms with van der Waals surface area (Å²) >= 11 is 0. The lowest BCUT2D eigenvalue weighted by atomic mass is 10.1. The maximum atomic E-state index is 5.69. The van der Waals surface area contributed by atoms with E-state index in [0.717, 1.165) is 12.8 Å². The molecule has 0 aromatic rings. The van der Waals surface area contributed by atoms with E-state index in [-0.39, 0.29) is 24.3 Å². The molecule has 66 valence electrons. The summed E-state index contributed by atoms with van der Waals surface area (Å²) in [5, 5.41) is 0. The van der Waals surface area contributed by atoms with Gasteiger partial charge in [-0.3, -0.25) is 0 Å². The fourth-order valence-electron chi connectivity index (χ4n) is 1.46. The van der Waals surface area contributed by atoms with Crippen LogP contribution in [0.15, 0.2) is 0 Å². The normalized spacial score (nSPS) is 37.1. The highest BCUT2D eigenvalue weighted by Gasteiger charge is 2.29. The molecule has 1 aliphatic heterocycles. The molecule has 0 aromatic carbocycles. The zero-order valence-electron chi connectivity index (χ0n) is 7.29. The Balaban J connectivity index is 2.35. The molecule has 2 unspecified atom stereocenters. The largest absolute Gasteiger partial charge is 0.372 e. The maximum Gasteiger partial charge on any atom is 0.0728 e. The second kappa shape index (κ2) is 3.52. The Labute approximate surface area is 68.1 Å². The topological polar surface area (TPSA) is 61.3 Å². The molecule has 0 radical (unpaired) electrons. The fraction of sp³-hybridized carbons (Fsp3) is 1.00. The van der Waals surface area contributed by atoms with Gasteiger partial charge < -0.3 is 16.2 Å². The van der Waals surface area contributed by atoms with Crippen LogP contribution in [-0.4, -0.2) is 24.3 Å². The van der Waals surface area contributed by atoms with Crippen LogP contribution in [-0.2, 0) is 4.74 Å². The summed E-state index contributed by atoms with van der Waals surface area (Å²) in [7, 11) is 0. The second-order valence-corrected chi connectivity index (χ2v) is 3.51. The van der Waals surface area contributed by atoms with Crippen LogP contribution in [0.2, 0.25) is 0 Å². The van der Waals surface area contributed by atoms with E-state index in [2.05, 4.69) is 0 Å². The highest BCUT2D eigenvalue weighted by atomic mass is 16.5. The van der Waals surface area contributed by atoms with Crippen molar-refractivity contribution >= 4 is 0 Å².